The van der Waals surface area contributed by atoms with Crippen molar-refractivity contribution in [3.8, 4) is 0 Å². The van der Waals surface area contributed by atoms with Crippen LogP contribution in [0.5, 0.6) is 0 Å². The van der Waals surface area contributed by atoms with E-state index in [0.717, 1.165) is 52.3 Å². The second kappa shape index (κ2) is 23.6. The van der Waals surface area contributed by atoms with Gasteiger partial charge in [0.25, 0.3) is 8.48 Å². The number of halogens is 1. The summed E-state index contributed by atoms with van der Waals surface area (Å²) in [5.74, 6) is 0. The third-order valence-corrected chi connectivity index (χ3v) is 10.6. The third-order valence-electron chi connectivity index (χ3n) is 4.43. The Kier molecular flexibility index (Phi) is 30.2. The Bertz CT molecular complexity index is 302. The molecule has 0 aliphatic carbocycles. The first-order chi connectivity index (χ1) is 12.4. The van der Waals surface area contributed by atoms with Crippen molar-refractivity contribution in [2.75, 3.05) is 67.7 Å². The molecule has 0 bridgehead atoms. The van der Waals surface area contributed by atoms with Gasteiger partial charge in [-0.2, -0.15) is 0 Å². The van der Waals surface area contributed by atoms with Crippen molar-refractivity contribution in [1.82, 2.24) is 21.8 Å². The highest BCUT2D eigenvalue weighted by atomic mass is 35.5. The molecule has 1 fully saturated rings. The topological polar surface area (TPSA) is 145 Å². The van der Waals surface area contributed by atoms with E-state index in [4.69, 9.17) is 24.1 Å². The van der Waals surface area contributed by atoms with E-state index in [-0.39, 0.29) is 18.6 Å². The molecule has 1 aliphatic heterocycles. The molecule has 1 saturated heterocycles. The van der Waals surface area contributed by atoms with E-state index in [1.165, 1.54) is 12.5 Å². The lowest BCUT2D eigenvalue weighted by Crippen LogP contribution is -2.53. The van der Waals surface area contributed by atoms with Crippen LogP contribution < -0.4 is 27.5 Å². The van der Waals surface area contributed by atoms with Gasteiger partial charge in [-0.05, 0) is 51.1 Å². The lowest BCUT2D eigenvalue weighted by molar-refractivity contribution is 0.248. The maximum absolute atomic E-state index is 7.00. The zero-order chi connectivity index (χ0) is 20.3. The van der Waals surface area contributed by atoms with Gasteiger partial charge >= 0.3 is 8.56 Å². The average molecular weight is 466 g/mol. The Morgan fingerprint density at radius 2 is 1.71 bits per heavy atom. The van der Waals surface area contributed by atoms with Crippen molar-refractivity contribution in [2.45, 2.75) is 38.0 Å². The van der Waals surface area contributed by atoms with Crippen LogP contribution in [0.15, 0.2) is 0 Å². The fourth-order valence-electron chi connectivity index (χ4n) is 2.40. The minimum absolute atomic E-state index is 0. The standard InChI is InChI=1S/C8H22N2O2Si.C7H18N2OSi.CH4O.ClH.H3N/c1-11-13(3,12-2)8-4-6-10-7-5-9;1-10-11(2)7-3-4-8-5-6-9-11;1-2;;/h10H,4-9H2,1-3H3;8-9H,3-7H2,1-2H3;2H,1H3;1H;1H3. The van der Waals surface area contributed by atoms with Crippen LogP contribution in [-0.2, 0) is 13.3 Å². The summed E-state index contributed by atoms with van der Waals surface area (Å²) in [6.07, 6.45) is 2.33. The molecule has 176 valence electrons. The molecule has 9 nitrogen and oxygen atoms in total. The van der Waals surface area contributed by atoms with Gasteiger partial charge in [-0.1, -0.05) is 0 Å². The lowest BCUT2D eigenvalue weighted by atomic mass is 10.4. The highest BCUT2D eigenvalue weighted by Crippen LogP contribution is 2.12. The average Bonchev–Trinajstić information content (AvgIpc) is 2.67. The van der Waals surface area contributed by atoms with Crippen LogP contribution >= 0.6 is 12.4 Å². The molecule has 0 aromatic heterocycles. The van der Waals surface area contributed by atoms with Gasteiger partial charge in [-0.3, -0.25) is 0 Å². The minimum atomic E-state index is -1.83. The van der Waals surface area contributed by atoms with Gasteiger partial charge in [0.2, 0.25) is 0 Å². The van der Waals surface area contributed by atoms with E-state index >= 15 is 0 Å². The number of hydrogen-bond acceptors (Lipinski definition) is 9. The number of aliphatic hydroxyl groups excluding tert-OH is 1. The van der Waals surface area contributed by atoms with Gasteiger partial charge in [0.05, 0.1) is 0 Å². The smallest absolute Gasteiger partial charge is 0.334 e. The van der Waals surface area contributed by atoms with Crippen molar-refractivity contribution in [1.29, 1.82) is 0 Å². The summed E-state index contributed by atoms with van der Waals surface area (Å²) in [4.78, 5) is 3.50. The summed E-state index contributed by atoms with van der Waals surface area (Å²) < 4.78 is 16.2. The molecule has 0 saturated carbocycles. The number of aliphatic hydroxyl groups is 1. The van der Waals surface area contributed by atoms with Crippen LogP contribution in [-0.4, -0.2) is 89.9 Å². The fourth-order valence-corrected chi connectivity index (χ4v) is 5.83. The molecule has 1 heterocycles. The summed E-state index contributed by atoms with van der Waals surface area (Å²) in [5.41, 5.74) is 5.35. The van der Waals surface area contributed by atoms with Gasteiger partial charge in [0.15, 0.2) is 0 Å². The molecular weight excluding hydrogens is 418 g/mol. The molecule has 0 aromatic rings. The van der Waals surface area contributed by atoms with Crippen molar-refractivity contribution < 1.29 is 18.4 Å². The van der Waals surface area contributed by atoms with Crippen LogP contribution in [0.3, 0.4) is 0 Å². The summed E-state index contributed by atoms with van der Waals surface area (Å²) in [6, 6.07) is 2.24. The molecule has 0 amide bonds. The summed E-state index contributed by atoms with van der Waals surface area (Å²) in [6.45, 7) is 10.2. The summed E-state index contributed by atoms with van der Waals surface area (Å²) in [5, 5.41) is 13.6. The van der Waals surface area contributed by atoms with Gasteiger partial charge < -0.3 is 45.9 Å². The molecule has 0 spiro atoms. The van der Waals surface area contributed by atoms with Gasteiger partial charge in [-0.25, -0.2) is 0 Å². The normalized spacial score (nSPS) is 19.3. The van der Waals surface area contributed by atoms with Gasteiger partial charge in [0, 0.05) is 54.6 Å². The number of hydrogen-bond donors (Lipinski definition) is 6. The van der Waals surface area contributed by atoms with E-state index in [2.05, 4.69) is 28.7 Å². The van der Waals surface area contributed by atoms with E-state index in [1.807, 2.05) is 7.11 Å². The molecule has 1 rings (SSSR count). The van der Waals surface area contributed by atoms with Crippen LogP contribution in [0.2, 0.25) is 25.2 Å². The highest BCUT2D eigenvalue weighted by molar-refractivity contribution is 6.69. The van der Waals surface area contributed by atoms with Crippen LogP contribution in [0, 0.1) is 0 Å². The number of nitrogens with one attached hydrogen (secondary N) is 3. The summed E-state index contributed by atoms with van der Waals surface area (Å²) >= 11 is 0. The zero-order valence-electron chi connectivity index (χ0n) is 18.9. The second-order valence-electron chi connectivity index (χ2n) is 6.40. The monoisotopic (exact) mass is 465 g/mol. The minimum Gasteiger partial charge on any atom is -0.406 e. The SMILES string of the molecule is CO.CO[Si](C)(CCCNCCN)OC.CO[Si]1(C)CCCNCCN1.Cl.N. The first kappa shape index (κ1) is 35.8. The largest absolute Gasteiger partial charge is 0.406 e. The Labute approximate surface area is 181 Å². The number of nitrogens with two attached hydrogens (primary N) is 1. The number of rotatable bonds is 9. The Morgan fingerprint density at radius 3 is 2.21 bits per heavy atom. The van der Waals surface area contributed by atoms with Crippen molar-refractivity contribution in [3.05, 3.63) is 0 Å². The Morgan fingerprint density at radius 1 is 1.11 bits per heavy atom. The van der Waals surface area contributed by atoms with Crippen molar-refractivity contribution >= 4 is 29.4 Å². The zero-order valence-corrected chi connectivity index (χ0v) is 21.8. The molecular formula is C16H48ClN5O4Si2. The lowest BCUT2D eigenvalue weighted by Gasteiger charge is -2.28. The fraction of sp³-hybridized carbons (Fsp3) is 1.00. The van der Waals surface area contributed by atoms with Crippen LogP contribution in [0.25, 0.3) is 0 Å². The molecule has 1 atom stereocenters. The van der Waals surface area contributed by atoms with Gasteiger partial charge in [0.1, 0.15) is 0 Å². The quantitative estimate of drug-likeness (QED) is 0.214. The first-order valence-electron chi connectivity index (χ1n) is 9.42. The van der Waals surface area contributed by atoms with E-state index < -0.39 is 17.0 Å². The molecule has 28 heavy (non-hydrogen) atoms. The molecule has 12 heteroatoms. The van der Waals surface area contributed by atoms with E-state index in [0.29, 0.717) is 6.54 Å². The molecule has 1 aliphatic rings. The van der Waals surface area contributed by atoms with Crippen LogP contribution in [0.1, 0.15) is 12.8 Å². The molecule has 0 aromatic carbocycles. The van der Waals surface area contributed by atoms with Crippen molar-refractivity contribution in [2.24, 2.45) is 5.73 Å². The highest BCUT2D eigenvalue weighted by Gasteiger charge is 2.28. The van der Waals surface area contributed by atoms with E-state index in [1.54, 1.807) is 14.2 Å². The first-order valence-corrected chi connectivity index (χ1v) is 14.6. The molecule has 9 N–H and O–H groups in total. The molecule has 0 radical (unpaired) electrons. The second-order valence-corrected chi connectivity index (χ2v) is 13.7. The maximum Gasteiger partial charge on any atom is 0.334 e. The van der Waals surface area contributed by atoms with Crippen molar-refractivity contribution in [3.63, 3.8) is 0 Å². The Balaban J connectivity index is -0.000000178. The predicted molar refractivity (Wildman–Crippen MR) is 126 cm³/mol. The third kappa shape index (κ3) is 19.7. The van der Waals surface area contributed by atoms with E-state index in [9.17, 15) is 0 Å². The maximum atomic E-state index is 7.00. The summed E-state index contributed by atoms with van der Waals surface area (Å²) in [7, 11) is 2.97. The molecule has 1 unspecified atom stereocenters. The Hall–Kier alpha value is 0.364. The van der Waals surface area contributed by atoms with Crippen LogP contribution in [0.4, 0.5) is 0 Å². The van der Waals surface area contributed by atoms with Gasteiger partial charge in [-0.15, -0.1) is 12.4 Å². The predicted octanol–water partition coefficient (Wildman–Crippen LogP) is 0.770.